The third-order valence-corrected chi connectivity index (χ3v) is 3.27. The molecule has 1 aliphatic carbocycles. The van der Waals surface area contributed by atoms with E-state index in [-0.39, 0.29) is 12.5 Å². The van der Waals surface area contributed by atoms with Crippen molar-refractivity contribution in [3.8, 4) is 0 Å². The van der Waals surface area contributed by atoms with Crippen molar-refractivity contribution < 1.29 is 14.7 Å². The highest BCUT2D eigenvalue weighted by Gasteiger charge is 2.33. The Kier molecular flexibility index (Phi) is 3.15. The Hall–Kier alpha value is -1.43. The first-order valence-corrected chi connectivity index (χ1v) is 5.88. The van der Waals surface area contributed by atoms with Gasteiger partial charge in [0.05, 0.1) is 12.1 Å². The van der Waals surface area contributed by atoms with Crippen molar-refractivity contribution in [2.24, 2.45) is 10.9 Å². The average molecular weight is 239 g/mol. The van der Waals surface area contributed by atoms with E-state index in [9.17, 15) is 14.7 Å². The third-order valence-electron chi connectivity index (χ3n) is 3.27. The Bertz CT molecular complexity index is 362. The van der Waals surface area contributed by atoms with E-state index in [0.717, 1.165) is 19.3 Å². The average Bonchev–Trinajstić information content (AvgIpc) is 2.56. The summed E-state index contributed by atoms with van der Waals surface area (Å²) in [5.41, 5.74) is -0.803. The van der Waals surface area contributed by atoms with E-state index in [1.54, 1.807) is 0 Å². The molecule has 1 saturated heterocycles. The molecule has 2 fully saturated rings. The number of hydrogen-bond donors (Lipinski definition) is 3. The molecule has 94 valence electrons. The summed E-state index contributed by atoms with van der Waals surface area (Å²) in [4.78, 5) is 25.9. The molecule has 0 radical (unpaired) electrons. The van der Waals surface area contributed by atoms with Crippen LogP contribution in [0, 0.1) is 5.92 Å². The fourth-order valence-electron chi connectivity index (χ4n) is 2.44. The molecule has 3 N–H and O–H groups in total. The van der Waals surface area contributed by atoms with Crippen LogP contribution in [0.1, 0.15) is 32.6 Å². The van der Waals surface area contributed by atoms with Gasteiger partial charge in [0.1, 0.15) is 0 Å². The SMILES string of the molecule is CC1CCCC(O)(CN=C2NC(=O)C(=O)N2)C1. The number of guanidine groups is 1. The molecule has 2 atom stereocenters. The van der Waals surface area contributed by atoms with E-state index in [2.05, 4.69) is 22.5 Å². The topological polar surface area (TPSA) is 90.8 Å². The van der Waals surface area contributed by atoms with E-state index in [1.165, 1.54) is 0 Å². The molecule has 1 heterocycles. The van der Waals surface area contributed by atoms with Crippen LogP contribution < -0.4 is 10.6 Å². The minimum atomic E-state index is -0.803. The molecule has 17 heavy (non-hydrogen) atoms. The van der Waals surface area contributed by atoms with Crippen LogP contribution in [0.15, 0.2) is 4.99 Å². The van der Waals surface area contributed by atoms with Crippen LogP contribution in [-0.4, -0.2) is 35.0 Å². The number of aliphatic imine (C=N–C) groups is 1. The van der Waals surface area contributed by atoms with Gasteiger partial charge in [-0.1, -0.05) is 19.8 Å². The molecule has 2 aliphatic rings. The number of amides is 2. The smallest absolute Gasteiger partial charge is 0.316 e. The normalized spacial score (nSPS) is 33.3. The molecule has 1 saturated carbocycles. The van der Waals surface area contributed by atoms with Gasteiger partial charge in [0, 0.05) is 0 Å². The highest BCUT2D eigenvalue weighted by atomic mass is 16.3. The van der Waals surface area contributed by atoms with Gasteiger partial charge in [-0.25, -0.2) is 4.99 Å². The van der Waals surface area contributed by atoms with Crippen molar-refractivity contribution in [2.45, 2.75) is 38.2 Å². The van der Waals surface area contributed by atoms with Crippen LogP contribution >= 0.6 is 0 Å². The second-order valence-corrected chi connectivity index (χ2v) is 5.00. The van der Waals surface area contributed by atoms with Gasteiger partial charge < -0.3 is 5.11 Å². The lowest BCUT2D eigenvalue weighted by atomic mass is 9.79. The van der Waals surface area contributed by atoms with Crippen molar-refractivity contribution in [2.75, 3.05) is 6.54 Å². The first-order chi connectivity index (χ1) is 7.98. The minimum Gasteiger partial charge on any atom is -0.388 e. The molecule has 0 aromatic carbocycles. The van der Waals surface area contributed by atoms with Gasteiger partial charge in [0.2, 0.25) is 5.96 Å². The number of nitrogens with zero attached hydrogens (tertiary/aromatic N) is 1. The summed E-state index contributed by atoms with van der Waals surface area (Å²) in [6.45, 7) is 2.32. The summed E-state index contributed by atoms with van der Waals surface area (Å²) >= 11 is 0. The van der Waals surface area contributed by atoms with Crippen molar-refractivity contribution >= 4 is 17.8 Å². The van der Waals surface area contributed by atoms with Crippen molar-refractivity contribution in [1.29, 1.82) is 0 Å². The zero-order chi connectivity index (χ0) is 12.5. The standard InChI is InChI=1S/C11H17N3O3/c1-7-3-2-4-11(17,5-7)6-12-10-13-8(15)9(16)14-10/h7,17H,2-6H2,1H3,(H2,12,13,14,15,16). The summed E-state index contributed by atoms with van der Waals surface area (Å²) in [7, 11) is 0. The third kappa shape index (κ3) is 2.82. The zero-order valence-corrected chi connectivity index (χ0v) is 9.82. The van der Waals surface area contributed by atoms with Crippen molar-refractivity contribution in [1.82, 2.24) is 10.6 Å². The Morgan fingerprint density at radius 2 is 2.06 bits per heavy atom. The quantitative estimate of drug-likeness (QED) is 0.569. The van der Waals surface area contributed by atoms with Gasteiger partial charge in [-0.2, -0.15) is 0 Å². The summed E-state index contributed by atoms with van der Waals surface area (Å²) in [5.74, 6) is -0.770. The Morgan fingerprint density at radius 3 is 2.65 bits per heavy atom. The van der Waals surface area contributed by atoms with Crippen LogP contribution in [-0.2, 0) is 9.59 Å². The number of aliphatic hydroxyl groups is 1. The van der Waals surface area contributed by atoms with Gasteiger partial charge in [-0.3, -0.25) is 20.2 Å². The molecule has 0 bridgehead atoms. The maximum Gasteiger partial charge on any atom is 0.316 e. The molecule has 0 aromatic heterocycles. The van der Waals surface area contributed by atoms with Crippen LogP contribution in [0.5, 0.6) is 0 Å². The summed E-state index contributed by atoms with van der Waals surface area (Å²) in [5, 5.41) is 14.9. The summed E-state index contributed by atoms with van der Waals surface area (Å²) in [6, 6.07) is 0. The van der Waals surface area contributed by atoms with E-state index in [0.29, 0.717) is 12.3 Å². The van der Waals surface area contributed by atoms with Gasteiger partial charge in [0.15, 0.2) is 0 Å². The molecule has 6 nitrogen and oxygen atoms in total. The Balaban J connectivity index is 1.95. The van der Waals surface area contributed by atoms with E-state index < -0.39 is 17.4 Å². The Labute approximate surface area is 99.5 Å². The highest BCUT2D eigenvalue weighted by Crippen LogP contribution is 2.32. The second-order valence-electron chi connectivity index (χ2n) is 5.00. The van der Waals surface area contributed by atoms with Gasteiger partial charge in [-0.05, 0) is 18.8 Å². The number of rotatable bonds is 2. The maximum atomic E-state index is 10.9. The van der Waals surface area contributed by atoms with E-state index in [4.69, 9.17) is 0 Å². The molecule has 2 unspecified atom stereocenters. The number of carbonyl (C=O) groups excluding carboxylic acids is 2. The molecule has 2 rings (SSSR count). The molecule has 1 aliphatic heterocycles. The van der Waals surface area contributed by atoms with Gasteiger partial charge >= 0.3 is 11.8 Å². The number of hydrogen-bond acceptors (Lipinski definition) is 4. The largest absolute Gasteiger partial charge is 0.388 e. The lowest BCUT2D eigenvalue weighted by Gasteiger charge is -2.34. The Morgan fingerprint density at radius 1 is 1.41 bits per heavy atom. The van der Waals surface area contributed by atoms with E-state index in [1.807, 2.05) is 0 Å². The lowest BCUT2D eigenvalue weighted by molar-refractivity contribution is -0.135. The molecule has 2 amide bonds. The zero-order valence-electron chi connectivity index (χ0n) is 9.82. The molecule has 0 spiro atoms. The monoisotopic (exact) mass is 239 g/mol. The highest BCUT2D eigenvalue weighted by molar-refractivity contribution is 6.45. The first-order valence-electron chi connectivity index (χ1n) is 5.88. The fraction of sp³-hybridized carbons (Fsp3) is 0.727. The van der Waals surface area contributed by atoms with Gasteiger partial charge in [-0.15, -0.1) is 0 Å². The first kappa shape index (κ1) is 12.0. The maximum absolute atomic E-state index is 10.9. The van der Waals surface area contributed by atoms with E-state index >= 15 is 0 Å². The second kappa shape index (κ2) is 4.44. The van der Waals surface area contributed by atoms with Crippen LogP contribution in [0.3, 0.4) is 0 Å². The van der Waals surface area contributed by atoms with Crippen LogP contribution in [0.4, 0.5) is 0 Å². The minimum absolute atomic E-state index is 0.145. The van der Waals surface area contributed by atoms with Crippen molar-refractivity contribution in [3.05, 3.63) is 0 Å². The molecule has 6 heteroatoms. The number of carbonyl (C=O) groups is 2. The molecular formula is C11H17N3O3. The summed E-state index contributed by atoms with van der Waals surface area (Å²) in [6.07, 6.45) is 3.55. The predicted octanol–water partition coefficient (Wildman–Crippen LogP) is -0.470. The van der Waals surface area contributed by atoms with Crippen LogP contribution in [0.25, 0.3) is 0 Å². The fourth-order valence-corrected chi connectivity index (χ4v) is 2.44. The van der Waals surface area contributed by atoms with Gasteiger partial charge in [0.25, 0.3) is 0 Å². The molecular weight excluding hydrogens is 222 g/mol. The number of nitrogens with one attached hydrogen (secondary N) is 2. The van der Waals surface area contributed by atoms with Crippen molar-refractivity contribution in [3.63, 3.8) is 0 Å². The summed E-state index contributed by atoms with van der Waals surface area (Å²) < 4.78 is 0. The predicted molar refractivity (Wildman–Crippen MR) is 61.2 cm³/mol. The lowest BCUT2D eigenvalue weighted by Crippen LogP contribution is -2.39. The molecule has 0 aromatic rings. The van der Waals surface area contributed by atoms with Crippen LogP contribution in [0.2, 0.25) is 0 Å².